The van der Waals surface area contributed by atoms with Crippen LogP contribution < -0.4 is 5.32 Å². The number of amides is 1. The number of aromatic nitrogens is 3. The highest BCUT2D eigenvalue weighted by atomic mass is 32.2. The van der Waals surface area contributed by atoms with E-state index in [1.807, 2.05) is 0 Å². The number of hydrogen-bond donors (Lipinski definition) is 1. The Hall–Kier alpha value is -2.95. The van der Waals surface area contributed by atoms with Crippen molar-refractivity contribution in [2.45, 2.75) is 51.7 Å². The van der Waals surface area contributed by atoms with E-state index in [2.05, 4.69) is 70.5 Å². The predicted molar refractivity (Wildman–Crippen MR) is 151 cm³/mol. The molecule has 1 aliphatic rings. The lowest BCUT2D eigenvalue weighted by Crippen LogP contribution is -2.16. The Kier molecular flexibility index (Phi) is 7.50. The normalized spacial score (nSPS) is 12.5. The molecule has 0 radical (unpaired) electrons. The number of esters is 1. The number of rotatable bonds is 8. The van der Waals surface area contributed by atoms with E-state index in [1.165, 1.54) is 46.2 Å². The van der Waals surface area contributed by atoms with E-state index in [0.717, 1.165) is 46.7 Å². The molecule has 0 saturated carbocycles. The quantitative estimate of drug-likeness (QED) is 0.202. The number of thioether (sulfide) groups is 1. The second-order valence-electron chi connectivity index (χ2n) is 8.89. The summed E-state index contributed by atoms with van der Waals surface area (Å²) in [6.45, 7) is 6.94. The second-order valence-corrected chi connectivity index (χ2v) is 12.0. The zero-order chi connectivity index (χ0) is 26.1. The molecular formula is C27H28N4O3S3. The molecule has 1 amide bonds. The summed E-state index contributed by atoms with van der Waals surface area (Å²) in [5.41, 5.74) is 6.12. The first-order valence-corrected chi connectivity index (χ1v) is 14.8. The molecule has 0 saturated heterocycles. The van der Waals surface area contributed by atoms with Gasteiger partial charge in [-0.1, -0.05) is 41.6 Å². The van der Waals surface area contributed by atoms with Gasteiger partial charge in [-0.25, -0.2) is 4.79 Å². The molecule has 5 rings (SSSR count). The number of fused-ring (bicyclic) bond motifs is 1. The zero-order valence-electron chi connectivity index (χ0n) is 21.2. The average Bonchev–Trinajstić information content (AvgIpc) is 3.66. The number of nitrogens with one attached hydrogen (secondary N) is 1. The van der Waals surface area contributed by atoms with Crippen LogP contribution in [0.4, 0.5) is 5.00 Å². The smallest absolute Gasteiger partial charge is 0.341 e. The van der Waals surface area contributed by atoms with Gasteiger partial charge >= 0.3 is 5.97 Å². The molecule has 10 heteroatoms. The minimum Gasteiger partial charge on any atom is -0.465 e. The largest absolute Gasteiger partial charge is 0.465 e. The van der Waals surface area contributed by atoms with Gasteiger partial charge in [-0.3, -0.25) is 4.79 Å². The van der Waals surface area contributed by atoms with Crippen LogP contribution in [0.25, 0.3) is 22.5 Å². The molecule has 1 aromatic carbocycles. The lowest BCUT2D eigenvalue weighted by atomic mass is 10.0. The van der Waals surface area contributed by atoms with Crippen LogP contribution in [0.5, 0.6) is 0 Å². The Morgan fingerprint density at radius 3 is 2.68 bits per heavy atom. The van der Waals surface area contributed by atoms with Crippen molar-refractivity contribution in [1.29, 1.82) is 0 Å². The minimum atomic E-state index is -0.395. The monoisotopic (exact) mass is 552 g/mol. The highest BCUT2D eigenvalue weighted by Crippen LogP contribution is 2.41. The molecule has 1 aliphatic carbocycles. The number of nitrogens with zero attached hydrogens (tertiary/aromatic N) is 3. The summed E-state index contributed by atoms with van der Waals surface area (Å²) in [5, 5.41) is 15.3. The van der Waals surface area contributed by atoms with Gasteiger partial charge in [-0.05, 0) is 51.2 Å². The van der Waals surface area contributed by atoms with Gasteiger partial charge < -0.3 is 14.6 Å². The number of hydrogen-bond acceptors (Lipinski definition) is 8. The first kappa shape index (κ1) is 25.7. The third kappa shape index (κ3) is 4.97. The Morgan fingerprint density at radius 2 is 1.95 bits per heavy atom. The molecule has 1 N–H and O–H groups in total. The summed E-state index contributed by atoms with van der Waals surface area (Å²) in [7, 11) is 1.37. The molecule has 3 heterocycles. The maximum absolute atomic E-state index is 12.9. The second kappa shape index (κ2) is 10.8. The van der Waals surface area contributed by atoms with Gasteiger partial charge in [-0.2, -0.15) is 0 Å². The number of anilines is 1. The molecule has 0 spiro atoms. The van der Waals surface area contributed by atoms with E-state index < -0.39 is 5.97 Å². The molecular weight excluding hydrogens is 525 g/mol. The molecule has 37 heavy (non-hydrogen) atoms. The summed E-state index contributed by atoms with van der Waals surface area (Å²) in [6.07, 6.45) is 2.80. The van der Waals surface area contributed by atoms with Gasteiger partial charge in [0.05, 0.1) is 18.4 Å². The maximum Gasteiger partial charge on any atom is 0.341 e. The summed E-state index contributed by atoms with van der Waals surface area (Å²) in [4.78, 5) is 27.7. The van der Waals surface area contributed by atoms with Crippen LogP contribution in [0.3, 0.4) is 0 Å². The number of carbonyl (C=O) groups is 2. The zero-order valence-corrected chi connectivity index (χ0v) is 23.7. The third-order valence-electron chi connectivity index (χ3n) is 6.49. The van der Waals surface area contributed by atoms with Crippen LogP contribution in [0.2, 0.25) is 0 Å². The highest BCUT2D eigenvalue weighted by Gasteiger charge is 2.28. The molecule has 0 atom stereocenters. The average molecular weight is 553 g/mol. The van der Waals surface area contributed by atoms with Crippen LogP contribution in [0.15, 0.2) is 34.8 Å². The van der Waals surface area contributed by atoms with Crippen molar-refractivity contribution < 1.29 is 14.3 Å². The van der Waals surface area contributed by atoms with Crippen molar-refractivity contribution in [3.8, 4) is 22.5 Å². The minimum absolute atomic E-state index is 0.162. The number of methoxy groups -OCH3 is 1. The van der Waals surface area contributed by atoms with Crippen LogP contribution in [0, 0.1) is 13.8 Å². The highest BCUT2D eigenvalue weighted by molar-refractivity contribution is 7.99. The van der Waals surface area contributed by atoms with Crippen molar-refractivity contribution >= 4 is 51.3 Å². The van der Waals surface area contributed by atoms with E-state index in [1.54, 1.807) is 11.3 Å². The Morgan fingerprint density at radius 1 is 1.16 bits per heavy atom. The van der Waals surface area contributed by atoms with Crippen LogP contribution in [-0.4, -0.2) is 39.5 Å². The third-order valence-corrected chi connectivity index (χ3v) is 9.57. The molecule has 7 nitrogen and oxygen atoms in total. The molecule has 3 aromatic heterocycles. The molecule has 0 aliphatic heterocycles. The van der Waals surface area contributed by atoms with E-state index in [9.17, 15) is 9.59 Å². The number of ether oxygens (including phenoxy) is 1. The fourth-order valence-corrected chi connectivity index (χ4v) is 7.64. The molecule has 0 unspecified atom stereocenters. The van der Waals surface area contributed by atoms with Gasteiger partial charge in [-0.15, -0.1) is 32.9 Å². The number of carbonyl (C=O) groups excluding carboxylic acids is 2. The van der Waals surface area contributed by atoms with Gasteiger partial charge in [0.15, 0.2) is 11.0 Å². The molecule has 0 bridgehead atoms. The van der Waals surface area contributed by atoms with Crippen molar-refractivity contribution in [2.75, 3.05) is 18.2 Å². The predicted octanol–water partition coefficient (Wildman–Crippen LogP) is 6.38. The Labute approximate surface area is 228 Å². The van der Waals surface area contributed by atoms with Crippen LogP contribution in [0.1, 0.15) is 44.6 Å². The number of benzene rings is 1. The topological polar surface area (TPSA) is 86.1 Å². The number of thiophene rings is 2. The van der Waals surface area contributed by atoms with Crippen molar-refractivity contribution in [1.82, 2.24) is 14.8 Å². The maximum atomic E-state index is 12.9. The van der Waals surface area contributed by atoms with Gasteiger partial charge in [0, 0.05) is 32.8 Å². The standard InChI is InChI=1S/C27H28N4O3S3/c1-5-31-24(19-13-35-16(3)22(19)17-11-9-15(2)10-12-17)29-30-27(31)36-14-21(32)28-25-23(26(33)34-4)18-7-6-8-20(18)37-25/h9-13H,5-8,14H2,1-4H3,(H,28,32). The fourth-order valence-electron chi connectivity index (χ4n) is 4.68. The summed E-state index contributed by atoms with van der Waals surface area (Å²) >= 11 is 4.52. The first-order chi connectivity index (χ1) is 17.9. The van der Waals surface area contributed by atoms with Gasteiger partial charge in [0.2, 0.25) is 5.91 Å². The Bertz CT molecular complexity index is 1470. The Balaban J connectivity index is 1.35. The fraction of sp³-hybridized carbons (Fsp3) is 0.333. The SMILES string of the molecule is CCn1c(SCC(=O)Nc2sc3c(c2C(=O)OC)CCC3)nnc1-c1csc(C)c1-c1ccc(C)cc1. The first-order valence-electron chi connectivity index (χ1n) is 12.1. The van der Waals surface area contributed by atoms with E-state index in [-0.39, 0.29) is 11.7 Å². The van der Waals surface area contributed by atoms with E-state index >= 15 is 0 Å². The molecule has 192 valence electrons. The van der Waals surface area contributed by atoms with Crippen molar-refractivity contribution in [2.24, 2.45) is 0 Å². The number of aryl methyl sites for hydroxylation is 3. The molecule has 4 aromatic rings. The van der Waals surface area contributed by atoms with E-state index in [0.29, 0.717) is 22.3 Å². The van der Waals surface area contributed by atoms with Gasteiger partial charge in [0.1, 0.15) is 5.00 Å². The van der Waals surface area contributed by atoms with Crippen molar-refractivity contribution in [3.63, 3.8) is 0 Å². The molecule has 0 fully saturated rings. The lowest BCUT2D eigenvalue weighted by Gasteiger charge is -2.10. The van der Waals surface area contributed by atoms with Gasteiger partial charge in [0.25, 0.3) is 0 Å². The van der Waals surface area contributed by atoms with Crippen LogP contribution >= 0.6 is 34.4 Å². The van der Waals surface area contributed by atoms with E-state index in [4.69, 9.17) is 4.74 Å². The summed E-state index contributed by atoms with van der Waals surface area (Å²) in [5.74, 6) is 0.379. The van der Waals surface area contributed by atoms with Crippen LogP contribution in [-0.2, 0) is 28.9 Å². The summed E-state index contributed by atoms with van der Waals surface area (Å²) in [6, 6.07) is 8.52. The lowest BCUT2D eigenvalue weighted by molar-refractivity contribution is -0.113. The summed E-state index contributed by atoms with van der Waals surface area (Å²) < 4.78 is 7.04. The van der Waals surface area contributed by atoms with Crippen molar-refractivity contribution in [3.05, 3.63) is 56.1 Å².